The molecule has 0 radical (unpaired) electrons. The topological polar surface area (TPSA) is 49.6 Å². The van der Waals surface area contributed by atoms with E-state index in [0.717, 1.165) is 32.2 Å². The van der Waals surface area contributed by atoms with Gasteiger partial charge >= 0.3 is 0 Å². The first-order valence-electron chi connectivity index (χ1n) is 6.97. The molecule has 2 N–H and O–H groups in total. The zero-order chi connectivity index (χ0) is 12.3. The van der Waals surface area contributed by atoms with Gasteiger partial charge in [0.1, 0.15) is 0 Å². The summed E-state index contributed by atoms with van der Waals surface area (Å²) < 4.78 is 0. The molecule has 4 nitrogen and oxygen atoms in total. The number of rotatable bonds is 2. The van der Waals surface area contributed by atoms with E-state index in [1.165, 1.54) is 32.1 Å². The normalized spacial score (nSPS) is 25.9. The summed E-state index contributed by atoms with van der Waals surface area (Å²) >= 11 is 0. The molecule has 2 aliphatic rings. The third-order valence-corrected chi connectivity index (χ3v) is 4.11. The van der Waals surface area contributed by atoms with Gasteiger partial charge in [0.15, 0.2) is 0 Å². The first-order chi connectivity index (χ1) is 8.18. The summed E-state index contributed by atoms with van der Waals surface area (Å²) in [6.45, 7) is 5.55. The maximum absolute atomic E-state index is 11.8. The van der Waals surface area contributed by atoms with Crippen LogP contribution in [0.25, 0.3) is 0 Å². The molecular formula is C13H25N3O. The highest BCUT2D eigenvalue weighted by atomic mass is 16.2. The van der Waals surface area contributed by atoms with Crippen LogP contribution in [-0.2, 0) is 4.79 Å². The molecule has 0 aromatic heterocycles. The summed E-state index contributed by atoms with van der Waals surface area (Å²) in [6.07, 6.45) is 6.86. The van der Waals surface area contributed by atoms with Crippen molar-refractivity contribution in [1.82, 2.24) is 9.80 Å². The predicted octanol–water partition coefficient (Wildman–Crippen LogP) is 0.811. The maximum Gasteiger partial charge on any atom is 0.239 e. The van der Waals surface area contributed by atoms with Crippen LogP contribution in [-0.4, -0.2) is 54.0 Å². The van der Waals surface area contributed by atoms with Crippen molar-refractivity contribution in [2.45, 2.75) is 51.1 Å². The van der Waals surface area contributed by atoms with Gasteiger partial charge in [-0.3, -0.25) is 9.69 Å². The van der Waals surface area contributed by atoms with E-state index in [9.17, 15) is 4.79 Å². The molecule has 1 aliphatic heterocycles. The number of hydrogen-bond donors (Lipinski definition) is 1. The molecule has 0 spiro atoms. The molecule has 0 aromatic rings. The summed E-state index contributed by atoms with van der Waals surface area (Å²) in [5, 5.41) is 0. The fourth-order valence-electron chi connectivity index (χ4n) is 3.04. The summed E-state index contributed by atoms with van der Waals surface area (Å²) in [7, 11) is 0. The van der Waals surface area contributed by atoms with Crippen LogP contribution in [0.5, 0.6) is 0 Å². The molecule has 1 heterocycles. The minimum atomic E-state index is -0.351. The molecule has 4 heteroatoms. The molecule has 0 bridgehead atoms. The molecular weight excluding hydrogens is 214 g/mol. The van der Waals surface area contributed by atoms with E-state index in [1.54, 1.807) is 6.92 Å². The molecule has 1 saturated heterocycles. The smallest absolute Gasteiger partial charge is 0.239 e. The second-order valence-corrected chi connectivity index (χ2v) is 5.44. The molecule has 2 rings (SSSR count). The maximum atomic E-state index is 11.8. The lowest BCUT2D eigenvalue weighted by Gasteiger charge is -2.41. The van der Waals surface area contributed by atoms with Gasteiger partial charge in [-0.05, 0) is 19.8 Å². The minimum Gasteiger partial charge on any atom is -0.339 e. The third-order valence-electron chi connectivity index (χ3n) is 4.11. The van der Waals surface area contributed by atoms with Crippen molar-refractivity contribution in [2.75, 3.05) is 26.2 Å². The number of amides is 1. The quantitative estimate of drug-likeness (QED) is 0.776. The fraction of sp³-hybridized carbons (Fsp3) is 0.923. The lowest BCUT2D eigenvalue weighted by atomic mass is 9.94. The van der Waals surface area contributed by atoms with Crippen LogP contribution in [0.15, 0.2) is 0 Å². The van der Waals surface area contributed by atoms with Crippen LogP contribution in [0.3, 0.4) is 0 Å². The molecule has 2 fully saturated rings. The van der Waals surface area contributed by atoms with Crippen molar-refractivity contribution in [2.24, 2.45) is 5.73 Å². The van der Waals surface area contributed by atoms with E-state index >= 15 is 0 Å². The molecule has 1 atom stereocenters. The number of hydrogen-bond acceptors (Lipinski definition) is 3. The Morgan fingerprint density at radius 3 is 2.24 bits per heavy atom. The van der Waals surface area contributed by atoms with Gasteiger partial charge in [0.25, 0.3) is 0 Å². The average molecular weight is 239 g/mol. The Morgan fingerprint density at radius 2 is 1.71 bits per heavy atom. The zero-order valence-electron chi connectivity index (χ0n) is 10.9. The van der Waals surface area contributed by atoms with Crippen LogP contribution in [0.2, 0.25) is 0 Å². The van der Waals surface area contributed by atoms with Gasteiger partial charge < -0.3 is 10.6 Å². The first kappa shape index (κ1) is 12.8. The van der Waals surface area contributed by atoms with E-state index in [2.05, 4.69) is 4.90 Å². The van der Waals surface area contributed by atoms with Gasteiger partial charge in [-0.15, -0.1) is 0 Å². The van der Waals surface area contributed by atoms with Crippen molar-refractivity contribution in [3.8, 4) is 0 Å². The van der Waals surface area contributed by atoms with E-state index in [0.29, 0.717) is 0 Å². The van der Waals surface area contributed by atoms with Crippen LogP contribution in [0, 0.1) is 0 Å². The number of piperazine rings is 1. The van der Waals surface area contributed by atoms with Crippen molar-refractivity contribution in [3.63, 3.8) is 0 Å². The van der Waals surface area contributed by atoms with Gasteiger partial charge in [-0.2, -0.15) is 0 Å². The Morgan fingerprint density at radius 1 is 1.12 bits per heavy atom. The summed E-state index contributed by atoms with van der Waals surface area (Å²) in [6, 6.07) is 0.424. The number of carbonyl (C=O) groups excluding carboxylic acids is 1. The lowest BCUT2D eigenvalue weighted by molar-refractivity contribution is -0.134. The van der Waals surface area contributed by atoms with Crippen molar-refractivity contribution >= 4 is 5.91 Å². The number of nitrogens with zero attached hydrogens (tertiary/aromatic N) is 2. The summed E-state index contributed by atoms with van der Waals surface area (Å²) in [5.74, 6) is 0.105. The standard InChI is InChI=1S/C13H25N3O/c1-11(14)13(17)16-9-7-15(8-10-16)12-5-3-2-4-6-12/h11-12H,2-10,14H2,1H3. The van der Waals surface area contributed by atoms with Gasteiger partial charge in [-0.1, -0.05) is 19.3 Å². The molecule has 17 heavy (non-hydrogen) atoms. The monoisotopic (exact) mass is 239 g/mol. The van der Waals surface area contributed by atoms with Crippen molar-refractivity contribution in [3.05, 3.63) is 0 Å². The highest BCUT2D eigenvalue weighted by molar-refractivity contribution is 5.81. The van der Waals surface area contributed by atoms with Gasteiger partial charge in [-0.25, -0.2) is 0 Å². The molecule has 0 aromatic carbocycles. The van der Waals surface area contributed by atoms with Gasteiger partial charge in [0.05, 0.1) is 6.04 Å². The third kappa shape index (κ3) is 3.19. The lowest BCUT2D eigenvalue weighted by Crippen LogP contribution is -2.54. The van der Waals surface area contributed by atoms with E-state index < -0.39 is 0 Å². The zero-order valence-corrected chi connectivity index (χ0v) is 10.9. The highest BCUT2D eigenvalue weighted by Gasteiger charge is 2.27. The second-order valence-electron chi connectivity index (χ2n) is 5.44. The SMILES string of the molecule is CC(N)C(=O)N1CCN(C2CCCCC2)CC1. The molecule has 1 unspecified atom stereocenters. The van der Waals surface area contributed by atoms with Crippen LogP contribution >= 0.6 is 0 Å². The van der Waals surface area contributed by atoms with Crippen LogP contribution < -0.4 is 5.73 Å². The summed E-state index contributed by atoms with van der Waals surface area (Å²) in [4.78, 5) is 16.3. The Labute approximate surface area is 104 Å². The van der Waals surface area contributed by atoms with Crippen LogP contribution in [0.1, 0.15) is 39.0 Å². The molecule has 1 aliphatic carbocycles. The second kappa shape index (κ2) is 5.83. The van der Waals surface area contributed by atoms with E-state index in [1.807, 2.05) is 4.90 Å². The predicted molar refractivity (Wildman–Crippen MR) is 68.7 cm³/mol. The Bertz CT molecular complexity index is 253. The minimum absolute atomic E-state index is 0.105. The van der Waals surface area contributed by atoms with E-state index in [-0.39, 0.29) is 11.9 Å². The number of nitrogens with two attached hydrogens (primary N) is 1. The Balaban J connectivity index is 1.79. The largest absolute Gasteiger partial charge is 0.339 e. The Kier molecular flexibility index (Phi) is 4.40. The fourth-order valence-corrected chi connectivity index (χ4v) is 3.04. The molecule has 1 saturated carbocycles. The van der Waals surface area contributed by atoms with Crippen molar-refractivity contribution in [1.29, 1.82) is 0 Å². The summed E-state index contributed by atoms with van der Waals surface area (Å²) in [5.41, 5.74) is 5.64. The molecule has 1 amide bonds. The van der Waals surface area contributed by atoms with E-state index in [4.69, 9.17) is 5.73 Å². The van der Waals surface area contributed by atoms with Gasteiger partial charge in [0.2, 0.25) is 5.91 Å². The van der Waals surface area contributed by atoms with Crippen molar-refractivity contribution < 1.29 is 4.79 Å². The molecule has 98 valence electrons. The number of carbonyl (C=O) groups is 1. The average Bonchev–Trinajstić information content (AvgIpc) is 2.39. The van der Waals surface area contributed by atoms with Gasteiger partial charge in [0, 0.05) is 32.2 Å². The highest BCUT2D eigenvalue weighted by Crippen LogP contribution is 2.23. The Hall–Kier alpha value is -0.610. The van der Waals surface area contributed by atoms with Crippen LogP contribution in [0.4, 0.5) is 0 Å². The first-order valence-corrected chi connectivity index (χ1v) is 6.97.